The van der Waals surface area contributed by atoms with Crippen LogP contribution in [0.25, 0.3) is 0 Å². The van der Waals surface area contributed by atoms with Crippen LogP contribution in [-0.2, 0) is 4.74 Å². The van der Waals surface area contributed by atoms with E-state index in [1.165, 1.54) is 19.3 Å². The molecule has 2 saturated carbocycles. The minimum absolute atomic E-state index is 0.552. The lowest BCUT2D eigenvalue weighted by Gasteiger charge is -2.35. The van der Waals surface area contributed by atoms with Crippen LogP contribution in [0.1, 0.15) is 19.3 Å². The van der Waals surface area contributed by atoms with Gasteiger partial charge in [-0.15, -0.1) is 0 Å². The molecule has 58 valence electrons. The molecule has 1 spiro atoms. The zero-order valence-corrected chi connectivity index (χ0v) is 6.47. The fourth-order valence-corrected chi connectivity index (χ4v) is 2.28. The molecule has 1 atom stereocenters. The van der Waals surface area contributed by atoms with Crippen molar-refractivity contribution in [1.29, 1.82) is 0 Å². The summed E-state index contributed by atoms with van der Waals surface area (Å²) in [5.74, 6) is 0.832. The third-order valence-electron chi connectivity index (χ3n) is 3.25. The monoisotopic (exact) mass is 141 g/mol. The largest absolute Gasteiger partial charge is 0.381 e. The molecule has 0 aromatic carbocycles. The molecule has 0 aromatic heterocycles. The maximum absolute atomic E-state index is 5.56. The Labute approximate surface area is 61.7 Å². The van der Waals surface area contributed by atoms with Crippen molar-refractivity contribution in [1.82, 2.24) is 0 Å². The van der Waals surface area contributed by atoms with E-state index in [9.17, 15) is 0 Å². The third kappa shape index (κ3) is 0.722. The van der Waals surface area contributed by atoms with Crippen molar-refractivity contribution in [2.24, 2.45) is 17.1 Å². The van der Waals surface area contributed by atoms with Gasteiger partial charge in [0.1, 0.15) is 0 Å². The minimum Gasteiger partial charge on any atom is -0.381 e. The van der Waals surface area contributed by atoms with Crippen LogP contribution < -0.4 is 5.73 Å². The Balaban J connectivity index is 1.81. The average Bonchev–Trinajstić information content (AvgIpc) is 2.58. The molecule has 10 heavy (non-hydrogen) atoms. The van der Waals surface area contributed by atoms with Crippen LogP contribution in [0.4, 0.5) is 0 Å². The molecule has 0 radical (unpaired) electrons. The summed E-state index contributed by atoms with van der Waals surface area (Å²) in [6.45, 7) is 0.885. The highest BCUT2D eigenvalue weighted by molar-refractivity contribution is 5.11. The van der Waals surface area contributed by atoms with Gasteiger partial charge in [0.05, 0.1) is 6.10 Å². The second kappa shape index (κ2) is 1.95. The lowest BCUT2D eigenvalue weighted by atomic mass is 9.77. The Kier molecular flexibility index (Phi) is 1.29. The van der Waals surface area contributed by atoms with Crippen molar-refractivity contribution in [2.45, 2.75) is 25.4 Å². The number of methoxy groups -OCH3 is 1. The first-order valence-electron chi connectivity index (χ1n) is 4.03. The van der Waals surface area contributed by atoms with E-state index >= 15 is 0 Å². The lowest BCUT2D eigenvalue weighted by molar-refractivity contribution is -0.0165. The van der Waals surface area contributed by atoms with Crippen LogP contribution in [0.15, 0.2) is 0 Å². The van der Waals surface area contributed by atoms with Gasteiger partial charge >= 0.3 is 0 Å². The van der Waals surface area contributed by atoms with E-state index in [4.69, 9.17) is 10.5 Å². The van der Waals surface area contributed by atoms with E-state index in [1.54, 1.807) is 7.11 Å². The van der Waals surface area contributed by atoms with Gasteiger partial charge in [0.25, 0.3) is 0 Å². The third-order valence-corrected chi connectivity index (χ3v) is 3.25. The van der Waals surface area contributed by atoms with E-state index < -0.39 is 0 Å². The number of rotatable bonds is 2. The summed E-state index contributed by atoms with van der Waals surface area (Å²) in [6, 6.07) is 0. The number of ether oxygens (including phenoxy) is 1. The van der Waals surface area contributed by atoms with Crippen molar-refractivity contribution in [3.05, 3.63) is 0 Å². The quantitative estimate of drug-likeness (QED) is 0.616. The number of hydrogen-bond acceptors (Lipinski definition) is 2. The van der Waals surface area contributed by atoms with Crippen LogP contribution in [0.3, 0.4) is 0 Å². The highest BCUT2D eigenvalue weighted by Crippen LogP contribution is 2.65. The van der Waals surface area contributed by atoms with Crippen LogP contribution in [0.5, 0.6) is 0 Å². The topological polar surface area (TPSA) is 35.2 Å². The van der Waals surface area contributed by atoms with Crippen LogP contribution >= 0.6 is 0 Å². The zero-order valence-electron chi connectivity index (χ0n) is 6.47. The molecular weight excluding hydrogens is 126 g/mol. The zero-order chi connectivity index (χ0) is 7.19. The summed E-state index contributed by atoms with van der Waals surface area (Å²) in [5.41, 5.74) is 6.23. The smallest absolute Gasteiger partial charge is 0.0582 e. The normalized spacial score (nSPS) is 51.0. The predicted octanol–water partition coefficient (Wildman–Crippen LogP) is 0.760. The fraction of sp³-hybridized carbons (Fsp3) is 1.00. The molecule has 0 aliphatic heterocycles. The first-order valence-corrected chi connectivity index (χ1v) is 4.03. The molecule has 2 aliphatic rings. The van der Waals surface area contributed by atoms with Crippen LogP contribution in [-0.4, -0.2) is 19.8 Å². The molecule has 0 aromatic rings. The molecule has 0 bridgehead atoms. The van der Waals surface area contributed by atoms with Crippen molar-refractivity contribution in [2.75, 3.05) is 13.7 Å². The van der Waals surface area contributed by atoms with E-state index in [2.05, 4.69) is 0 Å². The van der Waals surface area contributed by atoms with Gasteiger partial charge in [-0.1, -0.05) is 0 Å². The molecule has 2 heteroatoms. The molecule has 2 nitrogen and oxygen atoms in total. The SMILES string of the molecule is COC1CC2(C1)CC2CN. The number of hydrogen-bond donors (Lipinski definition) is 1. The maximum atomic E-state index is 5.56. The molecular formula is C8H15NO. The first-order chi connectivity index (χ1) is 4.80. The van der Waals surface area contributed by atoms with Crippen molar-refractivity contribution < 1.29 is 4.74 Å². The first kappa shape index (κ1) is 6.62. The van der Waals surface area contributed by atoms with E-state index in [1.807, 2.05) is 0 Å². The Bertz CT molecular complexity index is 140. The molecule has 2 N–H and O–H groups in total. The summed E-state index contributed by atoms with van der Waals surface area (Å²) < 4.78 is 5.21. The van der Waals surface area contributed by atoms with Gasteiger partial charge in [-0.2, -0.15) is 0 Å². The predicted molar refractivity (Wildman–Crippen MR) is 39.6 cm³/mol. The molecule has 0 saturated heterocycles. The van der Waals surface area contributed by atoms with Gasteiger partial charge in [-0.05, 0) is 37.1 Å². The second-order valence-electron chi connectivity index (χ2n) is 3.77. The summed E-state index contributed by atoms with van der Waals surface area (Å²) in [7, 11) is 1.80. The highest BCUT2D eigenvalue weighted by atomic mass is 16.5. The standard InChI is InChI=1S/C8H15NO/c1-10-7-3-8(4-7)2-6(8)5-9/h6-7H,2-5,9H2,1H3. The van der Waals surface area contributed by atoms with Gasteiger partial charge in [-0.3, -0.25) is 0 Å². The fourth-order valence-electron chi connectivity index (χ4n) is 2.28. The summed E-state index contributed by atoms with van der Waals surface area (Å²) in [4.78, 5) is 0. The molecule has 2 rings (SSSR count). The Morgan fingerprint density at radius 1 is 1.50 bits per heavy atom. The molecule has 2 aliphatic carbocycles. The average molecular weight is 141 g/mol. The van der Waals surface area contributed by atoms with Gasteiger partial charge in [0.2, 0.25) is 0 Å². The summed E-state index contributed by atoms with van der Waals surface area (Å²) >= 11 is 0. The van der Waals surface area contributed by atoms with Crippen molar-refractivity contribution >= 4 is 0 Å². The Morgan fingerprint density at radius 2 is 2.20 bits per heavy atom. The van der Waals surface area contributed by atoms with E-state index in [-0.39, 0.29) is 0 Å². The lowest BCUT2D eigenvalue weighted by Crippen LogP contribution is -2.34. The summed E-state index contributed by atoms with van der Waals surface area (Å²) in [6.07, 6.45) is 4.46. The maximum Gasteiger partial charge on any atom is 0.0582 e. The minimum atomic E-state index is 0.552. The van der Waals surface area contributed by atoms with E-state index in [0.717, 1.165) is 12.5 Å². The van der Waals surface area contributed by atoms with Gasteiger partial charge < -0.3 is 10.5 Å². The molecule has 0 amide bonds. The second-order valence-corrected chi connectivity index (χ2v) is 3.77. The van der Waals surface area contributed by atoms with E-state index in [0.29, 0.717) is 11.5 Å². The number of nitrogens with two attached hydrogens (primary N) is 1. The van der Waals surface area contributed by atoms with Gasteiger partial charge in [-0.25, -0.2) is 0 Å². The summed E-state index contributed by atoms with van der Waals surface area (Å²) in [5, 5.41) is 0. The Hall–Kier alpha value is -0.0800. The van der Waals surface area contributed by atoms with Crippen molar-refractivity contribution in [3.63, 3.8) is 0 Å². The Morgan fingerprint density at radius 3 is 2.60 bits per heavy atom. The highest BCUT2D eigenvalue weighted by Gasteiger charge is 2.60. The van der Waals surface area contributed by atoms with Crippen LogP contribution in [0.2, 0.25) is 0 Å². The molecule has 1 unspecified atom stereocenters. The van der Waals surface area contributed by atoms with Gasteiger partial charge in [0.15, 0.2) is 0 Å². The van der Waals surface area contributed by atoms with Crippen molar-refractivity contribution in [3.8, 4) is 0 Å². The molecule has 2 fully saturated rings. The molecule has 0 heterocycles. The van der Waals surface area contributed by atoms with Crippen LogP contribution in [0, 0.1) is 11.3 Å². The van der Waals surface area contributed by atoms with Gasteiger partial charge in [0, 0.05) is 7.11 Å².